The van der Waals surface area contributed by atoms with Gasteiger partial charge in [-0.3, -0.25) is 0 Å². The summed E-state index contributed by atoms with van der Waals surface area (Å²) in [4.78, 5) is 0. The van der Waals surface area contributed by atoms with Gasteiger partial charge in [0.15, 0.2) is 0 Å². The maximum absolute atomic E-state index is 5.49. The van der Waals surface area contributed by atoms with Crippen LogP contribution in [0, 0.1) is 0 Å². The van der Waals surface area contributed by atoms with Crippen molar-refractivity contribution in [3.05, 3.63) is 51.4 Å². The standard InChI is InChI=1S/C14H12Br2O/c1-2-17-14-8-5-11(9-13(14)16)10-3-6-12(15)7-4-10/h3-9H,2H2,1H3. The number of ether oxygens (including phenoxy) is 1. The van der Waals surface area contributed by atoms with Crippen LogP contribution in [0.5, 0.6) is 5.75 Å². The van der Waals surface area contributed by atoms with Gasteiger partial charge in [0, 0.05) is 4.47 Å². The highest BCUT2D eigenvalue weighted by Gasteiger charge is 2.03. The highest BCUT2D eigenvalue weighted by molar-refractivity contribution is 9.10. The molecule has 88 valence electrons. The zero-order valence-electron chi connectivity index (χ0n) is 9.41. The number of halogens is 2. The van der Waals surface area contributed by atoms with E-state index < -0.39 is 0 Å². The lowest BCUT2D eigenvalue weighted by molar-refractivity contribution is 0.338. The van der Waals surface area contributed by atoms with Gasteiger partial charge in [-0.05, 0) is 58.2 Å². The molecule has 2 aromatic carbocycles. The Morgan fingerprint density at radius 2 is 1.59 bits per heavy atom. The second kappa shape index (κ2) is 5.69. The summed E-state index contributed by atoms with van der Waals surface area (Å²) in [5.41, 5.74) is 2.37. The second-order valence-corrected chi connectivity index (χ2v) is 5.36. The van der Waals surface area contributed by atoms with Crippen LogP contribution in [-0.2, 0) is 0 Å². The van der Waals surface area contributed by atoms with Crippen LogP contribution < -0.4 is 4.74 Å². The first-order chi connectivity index (χ1) is 8.20. The van der Waals surface area contributed by atoms with Gasteiger partial charge in [0.2, 0.25) is 0 Å². The van der Waals surface area contributed by atoms with Gasteiger partial charge < -0.3 is 4.74 Å². The molecule has 1 nitrogen and oxygen atoms in total. The average molecular weight is 356 g/mol. The predicted octanol–water partition coefficient (Wildman–Crippen LogP) is 5.28. The van der Waals surface area contributed by atoms with Crippen LogP contribution >= 0.6 is 31.9 Å². The van der Waals surface area contributed by atoms with Crippen LogP contribution in [0.25, 0.3) is 11.1 Å². The number of rotatable bonds is 3. The zero-order chi connectivity index (χ0) is 12.3. The molecule has 3 heteroatoms. The fourth-order valence-corrected chi connectivity index (χ4v) is 2.35. The number of hydrogen-bond acceptors (Lipinski definition) is 1. The van der Waals surface area contributed by atoms with Gasteiger partial charge in [0.25, 0.3) is 0 Å². The molecule has 17 heavy (non-hydrogen) atoms. The number of hydrogen-bond donors (Lipinski definition) is 0. The summed E-state index contributed by atoms with van der Waals surface area (Å²) in [5.74, 6) is 0.883. The van der Waals surface area contributed by atoms with Crippen LogP contribution in [0.4, 0.5) is 0 Å². The molecule has 0 saturated carbocycles. The van der Waals surface area contributed by atoms with Crippen molar-refractivity contribution in [2.24, 2.45) is 0 Å². The van der Waals surface area contributed by atoms with E-state index in [1.165, 1.54) is 11.1 Å². The Balaban J connectivity index is 2.34. The second-order valence-electron chi connectivity index (χ2n) is 3.59. The van der Waals surface area contributed by atoms with Crippen molar-refractivity contribution < 1.29 is 4.74 Å². The van der Waals surface area contributed by atoms with Crippen molar-refractivity contribution >= 4 is 31.9 Å². The molecule has 0 radical (unpaired) electrons. The maximum Gasteiger partial charge on any atom is 0.133 e. The molecule has 0 aromatic heterocycles. The zero-order valence-corrected chi connectivity index (χ0v) is 12.6. The molecule has 0 aliphatic rings. The van der Waals surface area contributed by atoms with E-state index in [0.29, 0.717) is 6.61 Å². The molecular weight excluding hydrogens is 344 g/mol. The van der Waals surface area contributed by atoms with E-state index in [4.69, 9.17) is 4.74 Å². The normalized spacial score (nSPS) is 10.3. The van der Waals surface area contributed by atoms with Crippen molar-refractivity contribution in [2.75, 3.05) is 6.61 Å². The molecule has 0 fully saturated rings. The fraction of sp³-hybridized carbons (Fsp3) is 0.143. The van der Waals surface area contributed by atoms with Gasteiger partial charge >= 0.3 is 0 Å². The maximum atomic E-state index is 5.49. The van der Waals surface area contributed by atoms with Gasteiger partial charge in [-0.15, -0.1) is 0 Å². The Labute approximate surface area is 118 Å². The van der Waals surface area contributed by atoms with Gasteiger partial charge in [-0.25, -0.2) is 0 Å². The minimum Gasteiger partial charge on any atom is -0.493 e. The van der Waals surface area contributed by atoms with Gasteiger partial charge in [0.05, 0.1) is 11.1 Å². The summed E-state index contributed by atoms with van der Waals surface area (Å²) in [6.07, 6.45) is 0. The van der Waals surface area contributed by atoms with Gasteiger partial charge in [-0.1, -0.05) is 34.1 Å². The van der Waals surface area contributed by atoms with E-state index in [1.807, 2.05) is 25.1 Å². The lowest BCUT2D eigenvalue weighted by Crippen LogP contribution is -1.92. The van der Waals surface area contributed by atoms with Gasteiger partial charge in [0.1, 0.15) is 5.75 Å². The summed E-state index contributed by atoms with van der Waals surface area (Å²) < 4.78 is 7.57. The Morgan fingerprint density at radius 3 is 2.18 bits per heavy atom. The quantitative estimate of drug-likeness (QED) is 0.728. The Morgan fingerprint density at radius 1 is 0.941 bits per heavy atom. The molecule has 0 bridgehead atoms. The van der Waals surface area contributed by atoms with E-state index in [1.54, 1.807) is 0 Å². The smallest absolute Gasteiger partial charge is 0.133 e. The molecule has 0 amide bonds. The van der Waals surface area contributed by atoms with E-state index in [0.717, 1.165) is 14.7 Å². The first-order valence-electron chi connectivity index (χ1n) is 5.39. The first kappa shape index (κ1) is 12.7. The lowest BCUT2D eigenvalue weighted by Gasteiger charge is -2.08. The molecule has 0 spiro atoms. The Bertz CT molecular complexity index is 506. The Kier molecular flexibility index (Phi) is 4.24. The van der Waals surface area contributed by atoms with Crippen LogP contribution in [0.3, 0.4) is 0 Å². The largest absolute Gasteiger partial charge is 0.493 e. The minimum atomic E-state index is 0.677. The fourth-order valence-electron chi connectivity index (χ4n) is 1.60. The highest BCUT2D eigenvalue weighted by atomic mass is 79.9. The molecule has 0 atom stereocenters. The third-order valence-corrected chi connectivity index (χ3v) is 3.56. The van der Waals surface area contributed by atoms with E-state index >= 15 is 0 Å². The monoisotopic (exact) mass is 354 g/mol. The Hall–Kier alpha value is -0.800. The van der Waals surface area contributed by atoms with Crippen LogP contribution in [0.15, 0.2) is 51.4 Å². The predicted molar refractivity (Wildman–Crippen MR) is 78.4 cm³/mol. The van der Waals surface area contributed by atoms with Crippen molar-refractivity contribution in [3.8, 4) is 16.9 Å². The van der Waals surface area contributed by atoms with E-state index in [9.17, 15) is 0 Å². The van der Waals surface area contributed by atoms with Crippen molar-refractivity contribution in [3.63, 3.8) is 0 Å². The average Bonchev–Trinajstić information content (AvgIpc) is 2.33. The molecule has 0 aliphatic carbocycles. The van der Waals surface area contributed by atoms with Crippen molar-refractivity contribution in [1.82, 2.24) is 0 Å². The molecule has 2 aromatic rings. The van der Waals surface area contributed by atoms with E-state index in [2.05, 4.69) is 56.1 Å². The summed E-state index contributed by atoms with van der Waals surface area (Å²) in [6.45, 7) is 2.66. The summed E-state index contributed by atoms with van der Waals surface area (Å²) in [7, 11) is 0. The van der Waals surface area contributed by atoms with Crippen molar-refractivity contribution in [2.45, 2.75) is 6.92 Å². The third kappa shape index (κ3) is 3.11. The number of benzene rings is 2. The molecule has 0 saturated heterocycles. The van der Waals surface area contributed by atoms with Crippen LogP contribution in [0.1, 0.15) is 6.92 Å². The SMILES string of the molecule is CCOc1ccc(-c2ccc(Br)cc2)cc1Br. The molecule has 0 N–H and O–H groups in total. The molecular formula is C14H12Br2O. The highest BCUT2D eigenvalue weighted by Crippen LogP contribution is 2.31. The van der Waals surface area contributed by atoms with Crippen molar-refractivity contribution in [1.29, 1.82) is 0 Å². The molecule has 0 unspecified atom stereocenters. The van der Waals surface area contributed by atoms with Gasteiger partial charge in [-0.2, -0.15) is 0 Å². The summed E-state index contributed by atoms with van der Waals surface area (Å²) in [6, 6.07) is 14.4. The topological polar surface area (TPSA) is 9.23 Å². The summed E-state index contributed by atoms with van der Waals surface area (Å²) in [5, 5.41) is 0. The minimum absolute atomic E-state index is 0.677. The molecule has 0 aliphatic heterocycles. The summed E-state index contributed by atoms with van der Waals surface area (Å²) >= 11 is 6.96. The van der Waals surface area contributed by atoms with E-state index in [-0.39, 0.29) is 0 Å². The first-order valence-corrected chi connectivity index (χ1v) is 6.97. The third-order valence-electron chi connectivity index (χ3n) is 2.41. The van der Waals surface area contributed by atoms with Crippen LogP contribution in [-0.4, -0.2) is 6.61 Å². The molecule has 0 heterocycles. The lowest BCUT2D eigenvalue weighted by atomic mass is 10.1. The van der Waals surface area contributed by atoms with Crippen LogP contribution in [0.2, 0.25) is 0 Å². The molecule has 2 rings (SSSR count).